The predicted molar refractivity (Wildman–Crippen MR) is 77.0 cm³/mol. The minimum Gasteiger partial charge on any atom is -0.397 e. The number of hydrogen-bond donors (Lipinski definition) is 2. The fourth-order valence-electron chi connectivity index (χ4n) is 2.90. The minimum atomic E-state index is -0.508. The molecule has 0 saturated heterocycles. The van der Waals surface area contributed by atoms with Gasteiger partial charge in [0.05, 0.1) is 17.4 Å². The molecular weight excluding hydrogens is 240 g/mol. The van der Waals surface area contributed by atoms with E-state index in [-0.39, 0.29) is 0 Å². The van der Waals surface area contributed by atoms with E-state index >= 15 is 0 Å². The Bertz CT molecular complexity index is 475. The fourth-order valence-corrected chi connectivity index (χ4v) is 2.90. The molecule has 104 valence electrons. The molecule has 1 heterocycles. The van der Waals surface area contributed by atoms with Crippen molar-refractivity contribution in [3.63, 3.8) is 0 Å². The van der Waals surface area contributed by atoms with E-state index in [1.165, 1.54) is 25.5 Å². The number of nitrogens with two attached hydrogens (primary N) is 2. The summed E-state index contributed by atoms with van der Waals surface area (Å²) in [6, 6.07) is 2.16. The molecule has 1 amide bonds. The summed E-state index contributed by atoms with van der Waals surface area (Å²) < 4.78 is 0. The van der Waals surface area contributed by atoms with Gasteiger partial charge in [0.25, 0.3) is 5.91 Å². The summed E-state index contributed by atoms with van der Waals surface area (Å²) in [5.41, 5.74) is 11.7. The van der Waals surface area contributed by atoms with Crippen molar-refractivity contribution in [1.29, 1.82) is 0 Å². The normalized spacial score (nSPS) is 23.1. The van der Waals surface area contributed by atoms with Crippen LogP contribution in [0.5, 0.6) is 0 Å². The molecule has 1 aromatic heterocycles. The lowest BCUT2D eigenvalue weighted by Crippen LogP contribution is -2.39. The number of anilines is 2. The van der Waals surface area contributed by atoms with Crippen molar-refractivity contribution in [2.45, 2.75) is 38.6 Å². The molecule has 2 atom stereocenters. The fraction of sp³-hybridized carbons (Fsp3) is 0.571. The van der Waals surface area contributed by atoms with E-state index in [4.69, 9.17) is 11.5 Å². The maximum atomic E-state index is 11.3. The predicted octanol–water partition coefficient (Wildman–Crippen LogP) is 1.78. The van der Waals surface area contributed by atoms with Crippen molar-refractivity contribution in [2.75, 3.05) is 17.7 Å². The Kier molecular flexibility index (Phi) is 3.93. The lowest BCUT2D eigenvalue weighted by Gasteiger charge is -2.37. The van der Waals surface area contributed by atoms with Crippen LogP contribution in [0.25, 0.3) is 0 Å². The molecule has 5 heteroatoms. The number of carbonyl (C=O) groups excluding carboxylic acids is 1. The van der Waals surface area contributed by atoms with Gasteiger partial charge in [0, 0.05) is 13.1 Å². The largest absolute Gasteiger partial charge is 0.397 e. The molecule has 2 unspecified atom stereocenters. The van der Waals surface area contributed by atoms with Crippen LogP contribution in [-0.2, 0) is 0 Å². The van der Waals surface area contributed by atoms with E-state index in [1.807, 2.05) is 7.05 Å². The lowest BCUT2D eigenvalue weighted by atomic mass is 9.85. The van der Waals surface area contributed by atoms with Crippen molar-refractivity contribution >= 4 is 17.4 Å². The first kappa shape index (κ1) is 13.6. The van der Waals surface area contributed by atoms with Gasteiger partial charge in [-0.2, -0.15) is 0 Å². The second-order valence-electron chi connectivity index (χ2n) is 5.43. The van der Waals surface area contributed by atoms with Crippen LogP contribution in [0.3, 0.4) is 0 Å². The summed E-state index contributed by atoms with van der Waals surface area (Å²) in [7, 11) is 2.02. The zero-order chi connectivity index (χ0) is 14.0. The Morgan fingerprint density at radius 1 is 1.42 bits per heavy atom. The van der Waals surface area contributed by atoms with Crippen LogP contribution < -0.4 is 16.4 Å². The Morgan fingerprint density at radius 2 is 2.11 bits per heavy atom. The van der Waals surface area contributed by atoms with Gasteiger partial charge in [-0.1, -0.05) is 19.8 Å². The smallest absolute Gasteiger partial charge is 0.250 e. The van der Waals surface area contributed by atoms with Gasteiger partial charge in [0.2, 0.25) is 0 Å². The third-order valence-corrected chi connectivity index (χ3v) is 4.11. The van der Waals surface area contributed by atoms with Gasteiger partial charge in [-0.25, -0.2) is 4.98 Å². The summed E-state index contributed by atoms with van der Waals surface area (Å²) in [5, 5.41) is 0. The molecular formula is C14H22N4O. The van der Waals surface area contributed by atoms with Crippen molar-refractivity contribution in [3.8, 4) is 0 Å². The highest BCUT2D eigenvalue weighted by Gasteiger charge is 2.26. The van der Waals surface area contributed by atoms with Crippen molar-refractivity contribution < 1.29 is 4.79 Å². The first-order chi connectivity index (χ1) is 9.00. The monoisotopic (exact) mass is 262 g/mol. The number of pyridine rings is 1. The van der Waals surface area contributed by atoms with E-state index < -0.39 is 5.91 Å². The van der Waals surface area contributed by atoms with Gasteiger partial charge in [-0.05, 0) is 24.8 Å². The second kappa shape index (κ2) is 5.47. The highest BCUT2D eigenvalue weighted by molar-refractivity contribution is 5.98. The molecule has 0 radical (unpaired) electrons. The second-order valence-corrected chi connectivity index (χ2v) is 5.43. The van der Waals surface area contributed by atoms with E-state index in [9.17, 15) is 4.79 Å². The molecule has 1 aliphatic carbocycles. The first-order valence-corrected chi connectivity index (χ1v) is 6.79. The molecule has 5 nitrogen and oxygen atoms in total. The van der Waals surface area contributed by atoms with E-state index in [0.29, 0.717) is 23.2 Å². The van der Waals surface area contributed by atoms with Crippen molar-refractivity contribution in [1.82, 2.24) is 4.98 Å². The van der Waals surface area contributed by atoms with Crippen LogP contribution in [0.4, 0.5) is 11.5 Å². The van der Waals surface area contributed by atoms with Crippen LogP contribution in [0.1, 0.15) is 43.0 Å². The number of nitrogens with zero attached hydrogens (tertiary/aromatic N) is 2. The van der Waals surface area contributed by atoms with Gasteiger partial charge in [-0.15, -0.1) is 0 Å². The van der Waals surface area contributed by atoms with Crippen LogP contribution in [-0.4, -0.2) is 24.0 Å². The zero-order valence-electron chi connectivity index (χ0n) is 11.6. The van der Waals surface area contributed by atoms with Crippen LogP contribution in [0.2, 0.25) is 0 Å². The van der Waals surface area contributed by atoms with E-state index in [0.717, 1.165) is 12.2 Å². The zero-order valence-corrected chi connectivity index (χ0v) is 11.6. The molecule has 0 bridgehead atoms. The number of amides is 1. The highest BCUT2D eigenvalue weighted by atomic mass is 16.1. The van der Waals surface area contributed by atoms with Gasteiger partial charge in [-0.3, -0.25) is 4.79 Å². The Balaban J connectivity index is 2.25. The number of rotatable bonds is 3. The third-order valence-electron chi connectivity index (χ3n) is 4.11. The first-order valence-electron chi connectivity index (χ1n) is 6.79. The molecule has 19 heavy (non-hydrogen) atoms. The maximum absolute atomic E-state index is 11.3. The highest BCUT2D eigenvalue weighted by Crippen LogP contribution is 2.30. The molecule has 4 N–H and O–H groups in total. The standard InChI is InChI=1S/C14H22N4O/c1-9-5-3-4-6-12(9)18(2)13-7-10(14(16)19)11(15)8-17-13/h7-9,12H,3-6,15H2,1-2H3,(H2,16,19). The number of aromatic nitrogens is 1. The molecule has 1 fully saturated rings. The van der Waals surface area contributed by atoms with Gasteiger partial charge >= 0.3 is 0 Å². The quantitative estimate of drug-likeness (QED) is 0.869. The number of carbonyl (C=O) groups is 1. The Hall–Kier alpha value is -1.78. The van der Waals surface area contributed by atoms with E-state index in [2.05, 4.69) is 16.8 Å². The molecule has 1 aromatic rings. The van der Waals surface area contributed by atoms with Crippen LogP contribution >= 0.6 is 0 Å². The maximum Gasteiger partial charge on any atom is 0.250 e. The SMILES string of the molecule is CC1CCCCC1N(C)c1cc(C(N)=O)c(N)cn1. The summed E-state index contributed by atoms with van der Waals surface area (Å²) in [6.45, 7) is 2.27. The molecule has 0 spiro atoms. The number of hydrogen-bond acceptors (Lipinski definition) is 4. The summed E-state index contributed by atoms with van der Waals surface area (Å²) in [4.78, 5) is 17.8. The van der Waals surface area contributed by atoms with Crippen LogP contribution in [0.15, 0.2) is 12.3 Å². The number of primary amides is 1. The van der Waals surface area contributed by atoms with Gasteiger partial charge in [0.1, 0.15) is 5.82 Å². The minimum absolute atomic E-state index is 0.335. The number of nitrogen functional groups attached to an aromatic ring is 1. The van der Waals surface area contributed by atoms with Crippen LogP contribution in [0, 0.1) is 5.92 Å². The van der Waals surface area contributed by atoms with Gasteiger partial charge in [0.15, 0.2) is 0 Å². The molecule has 1 saturated carbocycles. The van der Waals surface area contributed by atoms with Crippen molar-refractivity contribution in [2.24, 2.45) is 11.7 Å². The summed E-state index contributed by atoms with van der Waals surface area (Å²) in [5.74, 6) is 0.892. The summed E-state index contributed by atoms with van der Waals surface area (Å²) >= 11 is 0. The average molecular weight is 262 g/mol. The van der Waals surface area contributed by atoms with Gasteiger partial charge < -0.3 is 16.4 Å². The molecule has 0 aromatic carbocycles. The van der Waals surface area contributed by atoms with E-state index in [1.54, 1.807) is 6.07 Å². The Morgan fingerprint density at radius 3 is 2.74 bits per heavy atom. The lowest BCUT2D eigenvalue weighted by molar-refractivity contribution is 0.100. The summed E-state index contributed by atoms with van der Waals surface area (Å²) in [6.07, 6.45) is 6.46. The average Bonchev–Trinajstić information content (AvgIpc) is 2.38. The third kappa shape index (κ3) is 2.80. The van der Waals surface area contributed by atoms with Crippen molar-refractivity contribution in [3.05, 3.63) is 17.8 Å². The molecule has 0 aliphatic heterocycles. The molecule has 1 aliphatic rings. The Labute approximate surface area is 114 Å². The molecule has 2 rings (SSSR count). The topological polar surface area (TPSA) is 85.2 Å².